The lowest BCUT2D eigenvalue weighted by molar-refractivity contribution is -0.137. The molecule has 4 heterocycles. The van der Waals surface area contributed by atoms with E-state index in [1.165, 1.54) is 15.8 Å². The Morgan fingerprint density at radius 3 is 2.56 bits per heavy atom. The third-order valence-electron chi connectivity index (χ3n) is 4.86. The van der Waals surface area contributed by atoms with E-state index in [1.807, 2.05) is 0 Å². The summed E-state index contributed by atoms with van der Waals surface area (Å²) in [5.74, 6) is -1.04. The molecule has 0 fully saturated rings. The van der Waals surface area contributed by atoms with E-state index in [4.69, 9.17) is 0 Å². The maximum Gasteiger partial charge on any atom is 0.417 e. The average Bonchev–Trinajstić information content (AvgIpc) is 3.16. The maximum atomic E-state index is 13.2. The van der Waals surface area contributed by atoms with Gasteiger partial charge in [0.2, 0.25) is 0 Å². The zero-order valence-electron chi connectivity index (χ0n) is 17.0. The fourth-order valence-corrected chi connectivity index (χ4v) is 3.36. The van der Waals surface area contributed by atoms with Gasteiger partial charge in [0.25, 0.3) is 11.8 Å². The number of anilines is 2. The molecule has 168 valence electrons. The second-order valence-electron chi connectivity index (χ2n) is 7.16. The Balaban J connectivity index is 0.00000289. The number of aryl methyl sites for hydroxylation is 1. The summed E-state index contributed by atoms with van der Waals surface area (Å²) in [5, 5.41) is 6.88. The van der Waals surface area contributed by atoms with Crippen molar-refractivity contribution < 1.29 is 22.8 Å². The van der Waals surface area contributed by atoms with Crippen molar-refractivity contribution in [3.05, 3.63) is 65.4 Å². The summed E-state index contributed by atoms with van der Waals surface area (Å²) in [7, 11) is 0. The quantitative estimate of drug-likeness (QED) is 0.640. The van der Waals surface area contributed by atoms with Gasteiger partial charge in [0.15, 0.2) is 0 Å². The van der Waals surface area contributed by atoms with E-state index >= 15 is 0 Å². The number of nitrogens with zero attached hydrogens (tertiary/aromatic N) is 5. The average molecular weight is 464 g/mol. The summed E-state index contributed by atoms with van der Waals surface area (Å²) in [6, 6.07) is 4.98. The van der Waals surface area contributed by atoms with E-state index in [1.54, 1.807) is 32.2 Å². The molecular weight excluding hydrogens is 445 g/mol. The Labute approximate surface area is 187 Å². The predicted octanol–water partition coefficient (Wildman–Crippen LogP) is 3.59. The third-order valence-corrected chi connectivity index (χ3v) is 4.86. The topological polar surface area (TPSA) is 93.0 Å². The van der Waals surface area contributed by atoms with Gasteiger partial charge < -0.3 is 5.32 Å². The highest BCUT2D eigenvalue weighted by atomic mass is 32.1. The number of carbonyl (C=O) groups excluding carboxylic acids is 2. The molecule has 1 N–H and O–H groups in total. The molecule has 8 nitrogen and oxygen atoms in total. The maximum absolute atomic E-state index is 13.2. The summed E-state index contributed by atoms with van der Waals surface area (Å²) in [5.41, 5.74) is 0.410. The van der Waals surface area contributed by atoms with E-state index in [0.717, 1.165) is 12.1 Å². The molecule has 0 aromatic carbocycles. The second-order valence-corrected chi connectivity index (χ2v) is 7.16. The number of halogens is 3. The molecule has 4 rings (SSSR count). The van der Waals surface area contributed by atoms with Gasteiger partial charge in [-0.3, -0.25) is 24.2 Å². The molecular formula is C20H19F3N6O2S. The highest BCUT2D eigenvalue weighted by Crippen LogP contribution is 2.31. The summed E-state index contributed by atoms with van der Waals surface area (Å²) in [4.78, 5) is 35.1. The van der Waals surface area contributed by atoms with E-state index in [2.05, 4.69) is 20.4 Å². The number of amides is 2. The van der Waals surface area contributed by atoms with Crippen LogP contribution in [0.25, 0.3) is 0 Å². The summed E-state index contributed by atoms with van der Waals surface area (Å²) >= 11 is 0. The van der Waals surface area contributed by atoms with Crippen molar-refractivity contribution >= 4 is 36.8 Å². The first-order valence-electron chi connectivity index (χ1n) is 9.32. The van der Waals surface area contributed by atoms with Crippen molar-refractivity contribution in [3.63, 3.8) is 0 Å². The van der Waals surface area contributed by atoms with E-state index < -0.39 is 23.6 Å². The van der Waals surface area contributed by atoms with Gasteiger partial charge in [-0.05, 0) is 38.1 Å². The smallest absolute Gasteiger partial charge is 0.322 e. The number of fused-ring (bicyclic) bond motifs is 1. The lowest BCUT2D eigenvalue weighted by atomic mass is 10.1. The van der Waals surface area contributed by atoms with Crippen LogP contribution in [0.4, 0.5) is 24.7 Å². The minimum Gasteiger partial charge on any atom is -0.322 e. The van der Waals surface area contributed by atoms with Gasteiger partial charge in [0, 0.05) is 30.3 Å². The molecule has 32 heavy (non-hydrogen) atoms. The van der Waals surface area contributed by atoms with Crippen molar-refractivity contribution in [2.24, 2.45) is 0 Å². The summed E-state index contributed by atoms with van der Waals surface area (Å²) in [6.45, 7) is 3.71. The molecule has 1 atom stereocenters. The van der Waals surface area contributed by atoms with Crippen LogP contribution < -0.4 is 10.2 Å². The predicted molar refractivity (Wildman–Crippen MR) is 115 cm³/mol. The first-order chi connectivity index (χ1) is 14.6. The van der Waals surface area contributed by atoms with Gasteiger partial charge in [-0.2, -0.15) is 31.8 Å². The summed E-state index contributed by atoms with van der Waals surface area (Å²) in [6.07, 6.45) is -1.00. The first kappa shape index (κ1) is 23.3. The Bertz CT molecular complexity index is 1160. The van der Waals surface area contributed by atoms with Gasteiger partial charge in [-0.15, -0.1) is 0 Å². The standard InChI is InChI=1S/C20H17F3N6O2.H2S/c1-11-7-14(5-6-24-11)27-18(30)15-9-26-29-12(2)10-28(19(31)17(15)29)16-4-3-13(8-25-16)20(21,22)23;/h3-9,12H,10H2,1-2H3,(H,24,27,30);1H2/t12-;/m0./s1. The molecule has 0 unspecified atom stereocenters. The fraction of sp³-hybridized carbons (Fsp3) is 0.250. The molecule has 0 aliphatic carbocycles. The molecule has 0 saturated heterocycles. The monoisotopic (exact) mass is 464 g/mol. The van der Waals surface area contributed by atoms with Crippen LogP contribution in [0.1, 0.15) is 45.1 Å². The Morgan fingerprint density at radius 2 is 1.94 bits per heavy atom. The first-order valence-corrected chi connectivity index (χ1v) is 9.32. The van der Waals surface area contributed by atoms with E-state index in [0.29, 0.717) is 17.6 Å². The Kier molecular flexibility index (Phi) is 6.26. The van der Waals surface area contributed by atoms with Crippen LogP contribution in [0.3, 0.4) is 0 Å². The van der Waals surface area contributed by atoms with Crippen molar-refractivity contribution in [1.29, 1.82) is 0 Å². The molecule has 12 heteroatoms. The molecule has 1 aliphatic heterocycles. The number of hydrogen-bond acceptors (Lipinski definition) is 5. The Morgan fingerprint density at radius 1 is 1.19 bits per heavy atom. The van der Waals surface area contributed by atoms with Gasteiger partial charge in [-0.1, -0.05) is 0 Å². The zero-order valence-corrected chi connectivity index (χ0v) is 18.0. The largest absolute Gasteiger partial charge is 0.417 e. The molecule has 0 bridgehead atoms. The number of nitrogens with one attached hydrogen (secondary N) is 1. The highest BCUT2D eigenvalue weighted by Gasteiger charge is 2.36. The van der Waals surface area contributed by atoms with Crippen LogP contribution in [-0.2, 0) is 6.18 Å². The van der Waals surface area contributed by atoms with E-state index in [-0.39, 0.29) is 43.2 Å². The molecule has 3 aromatic heterocycles. The zero-order chi connectivity index (χ0) is 22.3. The highest BCUT2D eigenvalue weighted by molar-refractivity contribution is 7.59. The van der Waals surface area contributed by atoms with Crippen LogP contribution in [0.5, 0.6) is 0 Å². The van der Waals surface area contributed by atoms with Crippen LogP contribution in [0.15, 0.2) is 42.9 Å². The van der Waals surface area contributed by atoms with Crippen molar-refractivity contribution in [2.45, 2.75) is 26.1 Å². The molecule has 0 saturated carbocycles. The van der Waals surface area contributed by atoms with Crippen molar-refractivity contribution in [2.75, 3.05) is 16.8 Å². The van der Waals surface area contributed by atoms with Gasteiger partial charge in [0.05, 0.1) is 23.4 Å². The van der Waals surface area contributed by atoms with Crippen LogP contribution >= 0.6 is 13.5 Å². The van der Waals surface area contributed by atoms with Gasteiger partial charge in [0.1, 0.15) is 11.5 Å². The van der Waals surface area contributed by atoms with Crippen LogP contribution in [-0.4, -0.2) is 38.1 Å². The minimum atomic E-state index is -4.53. The van der Waals surface area contributed by atoms with Crippen molar-refractivity contribution in [3.8, 4) is 0 Å². The second kappa shape index (κ2) is 8.61. The van der Waals surface area contributed by atoms with E-state index in [9.17, 15) is 22.8 Å². The normalized spacial score (nSPS) is 15.7. The number of rotatable bonds is 3. The molecule has 2 amide bonds. The van der Waals surface area contributed by atoms with Gasteiger partial charge >= 0.3 is 6.18 Å². The van der Waals surface area contributed by atoms with Crippen molar-refractivity contribution in [1.82, 2.24) is 19.7 Å². The summed E-state index contributed by atoms with van der Waals surface area (Å²) < 4.78 is 39.9. The lowest BCUT2D eigenvalue weighted by Gasteiger charge is -2.31. The Hall–Kier alpha value is -3.41. The van der Waals surface area contributed by atoms with Gasteiger partial charge in [-0.25, -0.2) is 4.98 Å². The third kappa shape index (κ3) is 4.31. The number of aromatic nitrogens is 4. The molecule has 0 radical (unpaired) electrons. The number of alkyl halides is 3. The minimum absolute atomic E-state index is 0. The SMILES string of the molecule is Cc1cc(NC(=O)c2cnn3c2C(=O)N(c2ccc(C(F)(F)F)cn2)C[C@@H]3C)ccn1.S. The lowest BCUT2D eigenvalue weighted by Crippen LogP contribution is -2.44. The van der Waals surface area contributed by atoms with Crippen LogP contribution in [0, 0.1) is 6.92 Å². The molecule has 1 aliphatic rings. The number of hydrogen-bond donors (Lipinski definition) is 1. The molecule has 3 aromatic rings. The fourth-order valence-electron chi connectivity index (χ4n) is 3.36. The van der Waals surface area contributed by atoms with Crippen LogP contribution in [0.2, 0.25) is 0 Å². The molecule has 0 spiro atoms. The number of pyridine rings is 2. The number of carbonyl (C=O) groups is 2.